The van der Waals surface area contributed by atoms with Crippen LogP contribution in [0.1, 0.15) is 21.9 Å². The highest BCUT2D eigenvalue weighted by Crippen LogP contribution is 2.20. The number of hydrogen-bond donors (Lipinski definition) is 1. The Hall–Kier alpha value is -3.51. The number of nitrogens with zero attached hydrogens (tertiary/aromatic N) is 3. The number of carbonyl (C=O) groups excluding carboxylic acids is 1. The smallest absolute Gasteiger partial charge is 0.253 e. The van der Waals surface area contributed by atoms with Crippen molar-refractivity contribution in [3.63, 3.8) is 0 Å². The Kier molecular flexibility index (Phi) is 5.86. The van der Waals surface area contributed by atoms with Crippen LogP contribution in [0, 0.1) is 6.92 Å². The number of amides is 1. The summed E-state index contributed by atoms with van der Waals surface area (Å²) in [6.45, 7) is 2.21. The summed E-state index contributed by atoms with van der Waals surface area (Å²) in [6, 6.07) is 20.7. The zero-order chi connectivity index (χ0) is 20.9. The van der Waals surface area contributed by atoms with Crippen molar-refractivity contribution in [2.75, 3.05) is 6.54 Å². The zero-order valence-electron chi connectivity index (χ0n) is 16.3. The van der Waals surface area contributed by atoms with Gasteiger partial charge in [0.1, 0.15) is 0 Å². The summed E-state index contributed by atoms with van der Waals surface area (Å²) in [7, 11) is 0. The maximum absolute atomic E-state index is 12.5. The molecule has 2 aromatic heterocycles. The van der Waals surface area contributed by atoms with E-state index in [2.05, 4.69) is 20.4 Å². The van der Waals surface area contributed by atoms with Crippen LogP contribution in [-0.4, -0.2) is 27.6 Å². The predicted molar refractivity (Wildman–Crippen MR) is 115 cm³/mol. The van der Waals surface area contributed by atoms with Gasteiger partial charge in [-0.25, -0.2) is 0 Å². The fourth-order valence-electron chi connectivity index (χ4n) is 3.02. The number of nitrogens with one attached hydrogen (secondary N) is 1. The molecule has 0 unspecified atom stereocenters. The lowest BCUT2D eigenvalue weighted by Gasteiger charge is -2.08. The van der Waals surface area contributed by atoms with E-state index in [1.54, 1.807) is 18.2 Å². The van der Waals surface area contributed by atoms with Crippen molar-refractivity contribution in [2.24, 2.45) is 0 Å². The van der Waals surface area contributed by atoms with E-state index in [-0.39, 0.29) is 5.91 Å². The molecule has 1 amide bonds. The number of aryl methyl sites for hydroxylation is 1. The Morgan fingerprint density at radius 2 is 1.73 bits per heavy atom. The van der Waals surface area contributed by atoms with Crippen LogP contribution >= 0.6 is 11.6 Å². The molecule has 0 saturated carbocycles. The van der Waals surface area contributed by atoms with Crippen LogP contribution in [0.4, 0.5) is 0 Å². The highest BCUT2D eigenvalue weighted by Gasteiger charge is 2.13. The van der Waals surface area contributed by atoms with Gasteiger partial charge in [0.15, 0.2) is 0 Å². The second kappa shape index (κ2) is 8.88. The van der Waals surface area contributed by atoms with Gasteiger partial charge in [-0.05, 0) is 43.3 Å². The molecule has 6 nitrogen and oxygen atoms in total. The summed E-state index contributed by atoms with van der Waals surface area (Å²) in [5.74, 6) is 0.760. The average Bonchev–Trinajstić information content (AvgIpc) is 3.23. The molecule has 0 aliphatic rings. The third-order valence-corrected chi connectivity index (χ3v) is 4.85. The lowest BCUT2D eigenvalue weighted by atomic mass is 10.1. The summed E-state index contributed by atoms with van der Waals surface area (Å²) in [5, 5.41) is 7.50. The van der Waals surface area contributed by atoms with Crippen LogP contribution in [0.5, 0.6) is 0 Å². The van der Waals surface area contributed by atoms with Crippen molar-refractivity contribution in [3.8, 4) is 22.6 Å². The van der Waals surface area contributed by atoms with Crippen molar-refractivity contribution >= 4 is 17.5 Å². The number of carbonyl (C=O) groups is 1. The van der Waals surface area contributed by atoms with Gasteiger partial charge in [0.05, 0.1) is 17.0 Å². The Balaban J connectivity index is 1.35. The number of halogens is 1. The summed E-state index contributed by atoms with van der Waals surface area (Å²) < 4.78 is 5.27. The van der Waals surface area contributed by atoms with Crippen molar-refractivity contribution in [1.29, 1.82) is 0 Å². The van der Waals surface area contributed by atoms with E-state index < -0.39 is 0 Å². The van der Waals surface area contributed by atoms with Gasteiger partial charge in [-0.2, -0.15) is 4.98 Å². The molecule has 150 valence electrons. The van der Waals surface area contributed by atoms with E-state index in [4.69, 9.17) is 16.1 Å². The molecule has 4 aromatic rings. The SMILES string of the molecule is Cc1nc(-c2ccccc2)ccc1C(=O)NCCc1nc(-c2ccc(Cl)cc2)no1. The highest BCUT2D eigenvalue weighted by atomic mass is 35.5. The van der Waals surface area contributed by atoms with Crippen LogP contribution < -0.4 is 5.32 Å². The van der Waals surface area contributed by atoms with Crippen LogP contribution in [0.2, 0.25) is 5.02 Å². The van der Waals surface area contributed by atoms with Crippen molar-refractivity contribution in [3.05, 3.63) is 88.9 Å². The maximum atomic E-state index is 12.5. The fourth-order valence-corrected chi connectivity index (χ4v) is 3.15. The molecule has 4 rings (SSSR count). The molecule has 0 fully saturated rings. The van der Waals surface area contributed by atoms with E-state index in [9.17, 15) is 4.79 Å². The van der Waals surface area contributed by atoms with Crippen LogP contribution in [0.3, 0.4) is 0 Å². The van der Waals surface area contributed by atoms with Gasteiger partial charge in [-0.3, -0.25) is 9.78 Å². The Morgan fingerprint density at radius 1 is 0.967 bits per heavy atom. The lowest BCUT2D eigenvalue weighted by Crippen LogP contribution is -2.26. The number of rotatable bonds is 6. The quantitative estimate of drug-likeness (QED) is 0.489. The zero-order valence-corrected chi connectivity index (χ0v) is 17.1. The molecular weight excluding hydrogens is 400 g/mol. The molecule has 0 aliphatic heterocycles. The molecule has 0 atom stereocenters. The van der Waals surface area contributed by atoms with Gasteiger partial charge >= 0.3 is 0 Å². The molecule has 0 radical (unpaired) electrons. The first-order chi connectivity index (χ1) is 14.6. The highest BCUT2D eigenvalue weighted by molar-refractivity contribution is 6.30. The van der Waals surface area contributed by atoms with Crippen LogP contribution in [0.15, 0.2) is 71.3 Å². The predicted octanol–water partition coefficient (Wildman–Crippen LogP) is 4.73. The first-order valence-corrected chi connectivity index (χ1v) is 9.88. The maximum Gasteiger partial charge on any atom is 0.253 e. The standard InChI is InChI=1S/C23H19ClN4O2/c1-15-19(11-12-20(26-15)16-5-3-2-4-6-16)23(29)25-14-13-21-27-22(28-30-21)17-7-9-18(24)10-8-17/h2-12H,13-14H2,1H3,(H,25,29). The van der Waals surface area contributed by atoms with Crippen molar-refractivity contribution < 1.29 is 9.32 Å². The number of pyridine rings is 1. The molecule has 0 saturated heterocycles. The van der Waals surface area contributed by atoms with Crippen LogP contribution in [0.25, 0.3) is 22.6 Å². The minimum atomic E-state index is -0.183. The molecule has 7 heteroatoms. The van der Waals surface area contributed by atoms with Crippen LogP contribution in [-0.2, 0) is 6.42 Å². The largest absolute Gasteiger partial charge is 0.351 e. The normalized spacial score (nSPS) is 10.7. The minimum Gasteiger partial charge on any atom is -0.351 e. The molecule has 30 heavy (non-hydrogen) atoms. The summed E-state index contributed by atoms with van der Waals surface area (Å²) in [5.41, 5.74) is 3.89. The third kappa shape index (κ3) is 4.55. The number of benzene rings is 2. The minimum absolute atomic E-state index is 0.183. The van der Waals surface area contributed by atoms with E-state index in [1.807, 2.05) is 55.5 Å². The monoisotopic (exact) mass is 418 g/mol. The number of hydrogen-bond acceptors (Lipinski definition) is 5. The lowest BCUT2D eigenvalue weighted by molar-refractivity contribution is 0.0952. The first kappa shape index (κ1) is 19.8. The van der Waals surface area contributed by atoms with Gasteiger partial charge in [0, 0.05) is 29.1 Å². The average molecular weight is 419 g/mol. The van der Waals surface area contributed by atoms with E-state index in [0.29, 0.717) is 41.0 Å². The summed E-state index contributed by atoms with van der Waals surface area (Å²) in [6.07, 6.45) is 0.431. The van der Waals surface area contributed by atoms with Gasteiger partial charge in [-0.1, -0.05) is 47.1 Å². The number of aromatic nitrogens is 3. The van der Waals surface area contributed by atoms with E-state index >= 15 is 0 Å². The summed E-state index contributed by atoms with van der Waals surface area (Å²) >= 11 is 5.89. The second-order valence-corrected chi connectivity index (χ2v) is 7.16. The van der Waals surface area contributed by atoms with E-state index in [1.165, 1.54) is 0 Å². The topological polar surface area (TPSA) is 80.9 Å². The first-order valence-electron chi connectivity index (χ1n) is 9.50. The van der Waals surface area contributed by atoms with Gasteiger partial charge in [0.25, 0.3) is 5.91 Å². The summed E-state index contributed by atoms with van der Waals surface area (Å²) in [4.78, 5) is 21.5. The van der Waals surface area contributed by atoms with Crippen molar-refractivity contribution in [2.45, 2.75) is 13.3 Å². The Labute approximate surface area is 178 Å². The van der Waals surface area contributed by atoms with Gasteiger partial charge in [-0.15, -0.1) is 0 Å². The second-order valence-electron chi connectivity index (χ2n) is 6.72. The molecule has 0 bridgehead atoms. The molecule has 2 aromatic carbocycles. The molecule has 0 spiro atoms. The van der Waals surface area contributed by atoms with E-state index in [0.717, 1.165) is 16.8 Å². The Morgan fingerprint density at radius 3 is 2.47 bits per heavy atom. The third-order valence-electron chi connectivity index (χ3n) is 4.59. The molecule has 1 N–H and O–H groups in total. The molecule has 2 heterocycles. The Bertz CT molecular complexity index is 1160. The van der Waals surface area contributed by atoms with Gasteiger partial charge in [0.2, 0.25) is 11.7 Å². The van der Waals surface area contributed by atoms with Gasteiger partial charge < -0.3 is 9.84 Å². The molecular formula is C23H19ClN4O2. The molecule has 0 aliphatic carbocycles. The van der Waals surface area contributed by atoms with Crippen molar-refractivity contribution in [1.82, 2.24) is 20.4 Å². The fraction of sp³-hybridized carbons (Fsp3) is 0.130.